The van der Waals surface area contributed by atoms with Gasteiger partial charge in [-0.3, -0.25) is 9.69 Å². The van der Waals surface area contributed by atoms with Crippen molar-refractivity contribution in [1.82, 2.24) is 9.80 Å². The molecule has 2 atom stereocenters. The molecule has 4 rings (SSSR count). The van der Waals surface area contributed by atoms with E-state index in [9.17, 15) is 9.59 Å². The SMILES string of the molecule is O=C(c1ccc(=O)oc1)N1CC2CN(C3CC3)CC2C1. The van der Waals surface area contributed by atoms with Gasteiger partial charge in [-0.2, -0.15) is 0 Å². The van der Waals surface area contributed by atoms with Crippen LogP contribution >= 0.6 is 0 Å². The number of carbonyl (C=O) groups excluding carboxylic acids is 1. The predicted molar refractivity (Wildman–Crippen MR) is 72.5 cm³/mol. The van der Waals surface area contributed by atoms with Crippen LogP contribution in [0.15, 0.2) is 27.6 Å². The molecule has 0 spiro atoms. The van der Waals surface area contributed by atoms with Crippen LogP contribution in [0.25, 0.3) is 0 Å². The molecule has 1 saturated carbocycles. The summed E-state index contributed by atoms with van der Waals surface area (Å²) in [5.74, 6) is 1.23. The van der Waals surface area contributed by atoms with E-state index >= 15 is 0 Å². The number of rotatable bonds is 2. The van der Waals surface area contributed by atoms with E-state index in [-0.39, 0.29) is 5.91 Å². The highest BCUT2D eigenvalue weighted by atomic mass is 16.4. The Labute approximate surface area is 117 Å². The summed E-state index contributed by atoms with van der Waals surface area (Å²) < 4.78 is 4.78. The zero-order chi connectivity index (χ0) is 13.7. The summed E-state index contributed by atoms with van der Waals surface area (Å²) in [7, 11) is 0. The fraction of sp³-hybridized carbons (Fsp3) is 0.600. The molecule has 3 aliphatic rings. The second-order valence-electron chi connectivity index (χ2n) is 6.26. The van der Waals surface area contributed by atoms with Crippen LogP contribution in [-0.4, -0.2) is 47.9 Å². The number of likely N-dealkylation sites (tertiary alicyclic amines) is 2. The number of amides is 1. The van der Waals surface area contributed by atoms with E-state index in [2.05, 4.69) is 4.90 Å². The number of carbonyl (C=O) groups is 1. The Morgan fingerprint density at radius 3 is 2.35 bits per heavy atom. The summed E-state index contributed by atoms with van der Waals surface area (Å²) >= 11 is 0. The zero-order valence-corrected chi connectivity index (χ0v) is 11.3. The van der Waals surface area contributed by atoms with Crippen molar-refractivity contribution in [2.45, 2.75) is 18.9 Å². The number of hydrogen-bond acceptors (Lipinski definition) is 4. The molecule has 0 aromatic carbocycles. The van der Waals surface area contributed by atoms with Crippen LogP contribution in [0.3, 0.4) is 0 Å². The predicted octanol–water partition coefficient (Wildman–Crippen LogP) is 0.806. The molecular weight excluding hydrogens is 256 g/mol. The van der Waals surface area contributed by atoms with Gasteiger partial charge in [0.15, 0.2) is 0 Å². The maximum absolute atomic E-state index is 12.4. The van der Waals surface area contributed by atoms with Crippen LogP contribution in [0.1, 0.15) is 23.2 Å². The molecule has 0 N–H and O–H groups in total. The molecule has 5 nitrogen and oxygen atoms in total. The molecule has 2 saturated heterocycles. The molecule has 2 unspecified atom stereocenters. The maximum atomic E-state index is 12.4. The Morgan fingerprint density at radius 2 is 1.80 bits per heavy atom. The van der Waals surface area contributed by atoms with Crippen LogP contribution in [0.5, 0.6) is 0 Å². The first-order valence-electron chi connectivity index (χ1n) is 7.33. The molecule has 1 aromatic heterocycles. The molecule has 1 amide bonds. The summed E-state index contributed by atoms with van der Waals surface area (Å²) in [5.41, 5.74) is 0.0588. The summed E-state index contributed by atoms with van der Waals surface area (Å²) in [4.78, 5) is 27.8. The van der Waals surface area contributed by atoms with Gasteiger partial charge < -0.3 is 9.32 Å². The van der Waals surface area contributed by atoms with Crippen LogP contribution in [0, 0.1) is 11.8 Å². The van der Waals surface area contributed by atoms with Gasteiger partial charge in [0.25, 0.3) is 5.91 Å². The molecule has 20 heavy (non-hydrogen) atoms. The lowest BCUT2D eigenvalue weighted by molar-refractivity contribution is 0.0771. The van der Waals surface area contributed by atoms with Gasteiger partial charge in [-0.15, -0.1) is 0 Å². The molecule has 2 aliphatic heterocycles. The molecule has 3 fully saturated rings. The lowest BCUT2D eigenvalue weighted by atomic mass is 10.0. The van der Waals surface area contributed by atoms with Crippen molar-refractivity contribution < 1.29 is 9.21 Å². The summed E-state index contributed by atoms with van der Waals surface area (Å²) in [6.07, 6.45) is 3.98. The molecule has 1 aliphatic carbocycles. The third kappa shape index (κ3) is 2.06. The van der Waals surface area contributed by atoms with E-state index in [1.807, 2.05) is 4.90 Å². The number of fused-ring (bicyclic) bond motifs is 1. The first-order valence-corrected chi connectivity index (χ1v) is 7.33. The van der Waals surface area contributed by atoms with Crippen molar-refractivity contribution in [2.75, 3.05) is 26.2 Å². The van der Waals surface area contributed by atoms with E-state index in [4.69, 9.17) is 4.42 Å². The van der Waals surface area contributed by atoms with Crippen molar-refractivity contribution in [3.05, 3.63) is 34.4 Å². The van der Waals surface area contributed by atoms with Crippen molar-refractivity contribution in [3.8, 4) is 0 Å². The van der Waals surface area contributed by atoms with Crippen molar-refractivity contribution in [3.63, 3.8) is 0 Å². The fourth-order valence-corrected chi connectivity index (χ4v) is 3.60. The Hall–Kier alpha value is -1.62. The van der Waals surface area contributed by atoms with Crippen LogP contribution in [0.2, 0.25) is 0 Å². The second kappa shape index (κ2) is 4.45. The van der Waals surface area contributed by atoms with E-state index in [1.165, 1.54) is 25.2 Å². The van der Waals surface area contributed by atoms with Gasteiger partial charge in [-0.1, -0.05) is 0 Å². The molecule has 1 aromatic rings. The summed E-state index contributed by atoms with van der Waals surface area (Å²) in [6, 6.07) is 3.69. The van der Waals surface area contributed by atoms with Crippen molar-refractivity contribution in [1.29, 1.82) is 0 Å². The average molecular weight is 274 g/mol. The van der Waals surface area contributed by atoms with Gasteiger partial charge in [0.05, 0.1) is 5.56 Å². The normalized spacial score (nSPS) is 29.7. The fourth-order valence-electron chi connectivity index (χ4n) is 3.60. The Balaban J connectivity index is 1.43. The number of hydrogen-bond donors (Lipinski definition) is 0. The minimum Gasteiger partial charge on any atom is -0.430 e. The highest BCUT2D eigenvalue weighted by Gasteiger charge is 2.45. The zero-order valence-electron chi connectivity index (χ0n) is 11.3. The lowest BCUT2D eigenvalue weighted by Crippen LogP contribution is -2.34. The van der Waals surface area contributed by atoms with Gasteiger partial charge in [0.1, 0.15) is 6.26 Å². The van der Waals surface area contributed by atoms with Gasteiger partial charge in [0.2, 0.25) is 0 Å². The minimum absolute atomic E-state index is 0.0129. The maximum Gasteiger partial charge on any atom is 0.335 e. The Kier molecular flexibility index (Phi) is 2.70. The summed E-state index contributed by atoms with van der Waals surface area (Å²) in [5, 5.41) is 0. The van der Waals surface area contributed by atoms with Crippen LogP contribution in [-0.2, 0) is 0 Å². The largest absolute Gasteiger partial charge is 0.430 e. The van der Waals surface area contributed by atoms with Gasteiger partial charge >= 0.3 is 5.63 Å². The van der Waals surface area contributed by atoms with Gasteiger partial charge in [0, 0.05) is 38.3 Å². The van der Waals surface area contributed by atoms with Crippen molar-refractivity contribution >= 4 is 5.91 Å². The molecule has 0 radical (unpaired) electrons. The Morgan fingerprint density at radius 1 is 1.10 bits per heavy atom. The van der Waals surface area contributed by atoms with Gasteiger partial charge in [-0.25, -0.2) is 4.79 Å². The minimum atomic E-state index is -0.417. The Bertz CT molecular complexity index is 559. The highest BCUT2D eigenvalue weighted by Crippen LogP contribution is 2.38. The molecular formula is C15H18N2O3. The molecule has 5 heteroatoms. The quantitative estimate of drug-likeness (QED) is 0.800. The van der Waals surface area contributed by atoms with E-state index < -0.39 is 5.63 Å². The van der Waals surface area contributed by atoms with E-state index in [0.717, 1.165) is 32.2 Å². The lowest BCUT2D eigenvalue weighted by Gasteiger charge is -2.21. The smallest absolute Gasteiger partial charge is 0.335 e. The standard InChI is InChI=1S/C15H18N2O3/c18-14-4-1-10(9-20-14)15(19)17-7-11-5-16(13-2-3-13)6-12(11)8-17/h1,4,9,11-13H,2-3,5-8H2. The third-order valence-electron chi connectivity index (χ3n) is 4.81. The monoisotopic (exact) mass is 274 g/mol. The molecule has 0 bridgehead atoms. The van der Waals surface area contributed by atoms with Crippen LogP contribution < -0.4 is 5.63 Å². The second-order valence-corrected chi connectivity index (χ2v) is 6.26. The highest BCUT2D eigenvalue weighted by molar-refractivity contribution is 5.93. The van der Waals surface area contributed by atoms with E-state index in [0.29, 0.717) is 17.4 Å². The molecule has 3 heterocycles. The van der Waals surface area contributed by atoms with E-state index in [1.54, 1.807) is 6.07 Å². The topological polar surface area (TPSA) is 53.8 Å². The molecule has 106 valence electrons. The van der Waals surface area contributed by atoms with Crippen LogP contribution in [0.4, 0.5) is 0 Å². The first kappa shape index (κ1) is 12.1. The first-order chi connectivity index (χ1) is 9.70. The van der Waals surface area contributed by atoms with Gasteiger partial charge in [-0.05, 0) is 30.7 Å². The van der Waals surface area contributed by atoms with Crippen molar-refractivity contribution in [2.24, 2.45) is 11.8 Å². The average Bonchev–Trinajstić information content (AvgIpc) is 3.10. The third-order valence-corrected chi connectivity index (χ3v) is 4.81. The number of nitrogens with zero attached hydrogens (tertiary/aromatic N) is 2. The summed E-state index contributed by atoms with van der Waals surface area (Å²) in [6.45, 7) is 3.96.